The smallest absolute Gasteiger partial charge is 0.422 e. The van der Waals surface area contributed by atoms with Crippen molar-refractivity contribution in [3.8, 4) is 5.88 Å². The second kappa shape index (κ2) is 7.79. The number of hydrogen-bond donors (Lipinski definition) is 2. The molecular weight excluding hydrogens is 353 g/mol. The number of halogens is 3. The summed E-state index contributed by atoms with van der Waals surface area (Å²) < 4.78 is 66.7. The van der Waals surface area contributed by atoms with E-state index in [-0.39, 0.29) is 17.2 Å². The van der Waals surface area contributed by atoms with Crippen LogP contribution in [0.15, 0.2) is 23.2 Å². The molecule has 1 aromatic heterocycles. The monoisotopic (exact) mass is 370 g/mol. The molecule has 1 rings (SSSR count). The molecule has 0 radical (unpaired) electrons. The highest BCUT2D eigenvalue weighted by molar-refractivity contribution is 7.89. The average molecular weight is 370 g/mol. The van der Waals surface area contributed by atoms with Crippen LogP contribution in [-0.4, -0.2) is 43.3 Å². The zero-order chi connectivity index (χ0) is 18.5. The number of carboxylic acid groups (broad SMARTS) is 1. The maximum atomic E-state index is 12.1. The fourth-order valence-electron chi connectivity index (χ4n) is 1.69. The van der Waals surface area contributed by atoms with Crippen molar-refractivity contribution in [2.45, 2.75) is 37.4 Å². The van der Waals surface area contributed by atoms with E-state index in [9.17, 15) is 26.4 Å². The molecule has 0 spiro atoms. The minimum atomic E-state index is -4.54. The Labute approximate surface area is 136 Å². The molecule has 0 amide bonds. The summed E-state index contributed by atoms with van der Waals surface area (Å²) >= 11 is 0. The molecule has 0 aliphatic heterocycles. The predicted octanol–water partition coefficient (Wildman–Crippen LogP) is 1.80. The number of sulfonamides is 1. The van der Waals surface area contributed by atoms with Crippen LogP contribution in [0.2, 0.25) is 0 Å². The summed E-state index contributed by atoms with van der Waals surface area (Å²) in [4.78, 5) is 14.2. The Morgan fingerprint density at radius 3 is 2.42 bits per heavy atom. The van der Waals surface area contributed by atoms with Gasteiger partial charge in [0.15, 0.2) is 6.61 Å². The third-order valence-electron chi connectivity index (χ3n) is 2.71. The fraction of sp³-hybridized carbons (Fsp3) is 0.538. The Kier molecular flexibility index (Phi) is 6.55. The first kappa shape index (κ1) is 20.2. The second-order valence-corrected chi connectivity index (χ2v) is 7.09. The van der Waals surface area contributed by atoms with Gasteiger partial charge in [0, 0.05) is 6.07 Å². The highest BCUT2D eigenvalue weighted by Gasteiger charge is 2.29. The maximum Gasteiger partial charge on any atom is 0.422 e. The lowest BCUT2D eigenvalue weighted by Crippen LogP contribution is -2.41. The van der Waals surface area contributed by atoms with Gasteiger partial charge in [-0.2, -0.15) is 17.9 Å². The van der Waals surface area contributed by atoms with Crippen LogP contribution < -0.4 is 9.46 Å². The second-order valence-electron chi connectivity index (χ2n) is 5.38. The Hall–Kier alpha value is -1.88. The van der Waals surface area contributed by atoms with E-state index >= 15 is 0 Å². The van der Waals surface area contributed by atoms with Gasteiger partial charge in [-0.25, -0.2) is 13.4 Å². The zero-order valence-electron chi connectivity index (χ0n) is 12.9. The van der Waals surface area contributed by atoms with E-state index in [1.165, 1.54) is 0 Å². The standard InChI is InChI=1S/C13H17F3N2O5S/c1-8(2)5-10(12(19)20)18-24(21,22)9-3-4-11(17-6-9)23-7-13(14,15)16/h3-4,6,8,10,18H,5,7H2,1-2H3,(H,19,20). The molecule has 1 aromatic rings. The van der Waals surface area contributed by atoms with Crippen LogP contribution in [0.4, 0.5) is 13.2 Å². The van der Waals surface area contributed by atoms with E-state index in [1.54, 1.807) is 13.8 Å². The van der Waals surface area contributed by atoms with Gasteiger partial charge in [0.1, 0.15) is 10.9 Å². The van der Waals surface area contributed by atoms with Crippen LogP contribution in [0.3, 0.4) is 0 Å². The van der Waals surface area contributed by atoms with Gasteiger partial charge in [-0.1, -0.05) is 13.8 Å². The van der Waals surface area contributed by atoms with Crippen molar-refractivity contribution in [3.63, 3.8) is 0 Å². The van der Waals surface area contributed by atoms with Crippen LogP contribution in [0, 0.1) is 5.92 Å². The molecule has 1 unspecified atom stereocenters. The Bertz CT molecular complexity index is 659. The number of aromatic nitrogens is 1. The molecule has 0 saturated carbocycles. The molecule has 1 atom stereocenters. The van der Waals surface area contributed by atoms with Gasteiger partial charge >= 0.3 is 12.1 Å². The Morgan fingerprint density at radius 1 is 1.38 bits per heavy atom. The highest BCUT2D eigenvalue weighted by atomic mass is 32.2. The molecule has 0 saturated heterocycles. The Morgan fingerprint density at radius 2 is 2.00 bits per heavy atom. The molecule has 2 N–H and O–H groups in total. The van der Waals surface area contributed by atoms with Crippen LogP contribution >= 0.6 is 0 Å². The number of ether oxygens (including phenoxy) is 1. The third kappa shape index (κ3) is 6.71. The SMILES string of the molecule is CC(C)CC(NS(=O)(=O)c1ccc(OCC(F)(F)F)nc1)C(=O)O. The van der Waals surface area contributed by atoms with Gasteiger partial charge in [0.2, 0.25) is 15.9 Å². The molecule has 0 bridgehead atoms. The minimum absolute atomic E-state index is 0.0648. The zero-order valence-corrected chi connectivity index (χ0v) is 13.7. The maximum absolute atomic E-state index is 12.1. The Balaban J connectivity index is 2.85. The number of rotatable bonds is 8. The molecule has 1 heterocycles. The summed E-state index contributed by atoms with van der Waals surface area (Å²) in [6.07, 6.45) is -3.67. The first-order valence-corrected chi connectivity index (χ1v) is 8.30. The molecular formula is C13H17F3N2O5S. The summed E-state index contributed by atoms with van der Waals surface area (Å²) in [5.74, 6) is -1.79. The lowest BCUT2D eigenvalue weighted by molar-refractivity contribution is -0.154. The van der Waals surface area contributed by atoms with Crippen molar-refractivity contribution in [1.29, 1.82) is 0 Å². The summed E-state index contributed by atoms with van der Waals surface area (Å²) in [5.41, 5.74) is 0. The normalized spacial score (nSPS) is 13.8. The van der Waals surface area contributed by atoms with Crippen molar-refractivity contribution in [2.75, 3.05) is 6.61 Å². The first-order valence-electron chi connectivity index (χ1n) is 6.81. The number of hydrogen-bond acceptors (Lipinski definition) is 5. The van der Waals surface area contributed by atoms with Crippen LogP contribution in [-0.2, 0) is 14.8 Å². The van der Waals surface area contributed by atoms with E-state index in [0.29, 0.717) is 0 Å². The number of carbonyl (C=O) groups is 1. The number of carboxylic acids is 1. The van der Waals surface area contributed by atoms with Crippen LogP contribution in [0.5, 0.6) is 5.88 Å². The number of pyridine rings is 1. The summed E-state index contributed by atoms with van der Waals surface area (Å²) in [5, 5.41) is 9.05. The van der Waals surface area contributed by atoms with E-state index in [2.05, 4.69) is 9.72 Å². The van der Waals surface area contributed by atoms with Crippen molar-refractivity contribution in [2.24, 2.45) is 5.92 Å². The lowest BCUT2D eigenvalue weighted by Gasteiger charge is -2.16. The summed E-state index contributed by atoms with van der Waals surface area (Å²) in [6, 6.07) is 0.615. The number of aliphatic carboxylic acids is 1. The molecule has 136 valence electrons. The highest BCUT2D eigenvalue weighted by Crippen LogP contribution is 2.18. The van der Waals surface area contributed by atoms with Gasteiger partial charge < -0.3 is 9.84 Å². The molecule has 0 aromatic carbocycles. The quantitative estimate of drug-likeness (QED) is 0.723. The molecule has 0 aliphatic rings. The summed E-state index contributed by atoms with van der Waals surface area (Å²) in [7, 11) is -4.18. The van der Waals surface area contributed by atoms with Gasteiger partial charge in [-0.15, -0.1) is 0 Å². The van der Waals surface area contributed by atoms with Gasteiger partial charge in [0.05, 0.1) is 6.20 Å². The topological polar surface area (TPSA) is 106 Å². The first-order chi connectivity index (χ1) is 10.9. The lowest BCUT2D eigenvalue weighted by atomic mass is 10.1. The molecule has 0 aliphatic carbocycles. The van der Waals surface area contributed by atoms with E-state index < -0.39 is 40.7 Å². The number of nitrogens with zero attached hydrogens (tertiary/aromatic N) is 1. The number of nitrogens with one attached hydrogen (secondary N) is 1. The van der Waals surface area contributed by atoms with E-state index in [1.807, 2.05) is 4.72 Å². The van der Waals surface area contributed by atoms with Gasteiger partial charge in [-0.3, -0.25) is 4.79 Å². The average Bonchev–Trinajstić information content (AvgIpc) is 2.43. The van der Waals surface area contributed by atoms with E-state index in [4.69, 9.17) is 5.11 Å². The minimum Gasteiger partial charge on any atom is -0.480 e. The van der Waals surface area contributed by atoms with Gasteiger partial charge in [0.25, 0.3) is 0 Å². The van der Waals surface area contributed by atoms with E-state index in [0.717, 1.165) is 18.3 Å². The molecule has 11 heteroatoms. The molecule has 24 heavy (non-hydrogen) atoms. The summed E-state index contributed by atoms with van der Waals surface area (Å²) in [6.45, 7) is 1.91. The molecule has 7 nitrogen and oxygen atoms in total. The van der Waals surface area contributed by atoms with Crippen LogP contribution in [0.25, 0.3) is 0 Å². The predicted molar refractivity (Wildman–Crippen MR) is 77.0 cm³/mol. The van der Waals surface area contributed by atoms with Crippen LogP contribution in [0.1, 0.15) is 20.3 Å². The number of alkyl halides is 3. The largest absolute Gasteiger partial charge is 0.480 e. The van der Waals surface area contributed by atoms with Crippen molar-refractivity contribution in [1.82, 2.24) is 9.71 Å². The fourth-order valence-corrected chi connectivity index (χ4v) is 2.84. The van der Waals surface area contributed by atoms with Crippen molar-refractivity contribution in [3.05, 3.63) is 18.3 Å². The third-order valence-corrected chi connectivity index (χ3v) is 4.16. The van der Waals surface area contributed by atoms with Crippen molar-refractivity contribution < 1.29 is 36.2 Å². The van der Waals surface area contributed by atoms with Gasteiger partial charge in [-0.05, 0) is 18.4 Å². The van der Waals surface area contributed by atoms with Crippen molar-refractivity contribution >= 4 is 16.0 Å². The molecule has 0 fully saturated rings.